The van der Waals surface area contributed by atoms with Crippen LogP contribution in [0.25, 0.3) is 17.5 Å². The molecule has 1 saturated carbocycles. The van der Waals surface area contributed by atoms with Crippen LogP contribution in [0.4, 0.5) is 4.39 Å². The predicted octanol–water partition coefficient (Wildman–Crippen LogP) is 6.19. The lowest BCUT2D eigenvalue weighted by atomic mass is 9.79. The van der Waals surface area contributed by atoms with E-state index in [1.54, 1.807) is 30.5 Å². The second kappa shape index (κ2) is 11.1. The number of carboxylic acid groups (broad SMARTS) is 1. The summed E-state index contributed by atoms with van der Waals surface area (Å²) in [4.78, 5) is 25.6. The molecule has 1 atom stereocenters. The SMILES string of the molecule is N=C(/C=C\c1ncc(-c2cccc(C3CCC(CC(=O)O)CC3)n2)[nH]1)N1CCCC1c1cccc(F)c1. The van der Waals surface area contributed by atoms with E-state index in [0.29, 0.717) is 17.6 Å². The van der Waals surface area contributed by atoms with Gasteiger partial charge in [0, 0.05) is 24.6 Å². The lowest BCUT2D eigenvalue weighted by molar-refractivity contribution is -0.138. The smallest absolute Gasteiger partial charge is 0.303 e. The highest BCUT2D eigenvalue weighted by atomic mass is 19.1. The first-order chi connectivity index (χ1) is 18.0. The van der Waals surface area contributed by atoms with Gasteiger partial charge >= 0.3 is 5.97 Å². The first-order valence-electron chi connectivity index (χ1n) is 13.0. The summed E-state index contributed by atoms with van der Waals surface area (Å²) in [5, 5.41) is 17.6. The molecule has 37 heavy (non-hydrogen) atoms. The second-order valence-corrected chi connectivity index (χ2v) is 10.1. The molecule has 3 heterocycles. The fourth-order valence-electron chi connectivity index (χ4n) is 5.66. The van der Waals surface area contributed by atoms with Gasteiger partial charge < -0.3 is 15.0 Å². The van der Waals surface area contributed by atoms with Crippen LogP contribution in [-0.2, 0) is 4.79 Å². The molecule has 0 amide bonds. The van der Waals surface area contributed by atoms with Crippen LogP contribution in [0, 0.1) is 17.1 Å². The molecule has 1 aliphatic carbocycles. The van der Waals surface area contributed by atoms with Gasteiger partial charge in [-0.15, -0.1) is 0 Å². The topological polar surface area (TPSA) is 106 Å². The maximum absolute atomic E-state index is 13.7. The number of carboxylic acids is 1. The van der Waals surface area contributed by atoms with E-state index in [0.717, 1.165) is 67.7 Å². The number of pyridine rings is 1. The zero-order valence-electron chi connectivity index (χ0n) is 20.7. The number of amidine groups is 1. The van der Waals surface area contributed by atoms with E-state index in [1.165, 1.54) is 6.07 Å². The Labute approximate surface area is 216 Å². The molecule has 8 heteroatoms. The standard InChI is InChI=1S/C29H32FN5O2/c30-22-5-1-4-21(17-22)26-8-3-15-35(26)27(31)13-14-28-32-18-25(34-28)24-7-2-6-23(33-24)20-11-9-19(10-12-20)16-29(36)37/h1-2,4-7,13-14,17-20,26,31H,3,8-12,15-16H2,(H,32,34)(H,36,37)/b14-13-,31-27?. The number of H-pyrrole nitrogens is 1. The van der Waals surface area contributed by atoms with Crippen molar-refractivity contribution in [1.82, 2.24) is 19.9 Å². The number of aromatic amines is 1. The average Bonchev–Trinajstić information content (AvgIpc) is 3.58. The zero-order chi connectivity index (χ0) is 25.8. The molecule has 1 unspecified atom stereocenters. The molecule has 0 radical (unpaired) electrons. The van der Waals surface area contributed by atoms with Gasteiger partial charge in [0.2, 0.25) is 0 Å². The van der Waals surface area contributed by atoms with Crippen LogP contribution in [0.5, 0.6) is 0 Å². The third kappa shape index (κ3) is 5.96. The number of likely N-dealkylation sites (tertiary alicyclic amines) is 1. The van der Waals surface area contributed by atoms with Crippen LogP contribution in [0.2, 0.25) is 0 Å². The molecule has 192 valence electrons. The van der Waals surface area contributed by atoms with Crippen molar-refractivity contribution in [2.24, 2.45) is 5.92 Å². The van der Waals surface area contributed by atoms with Crippen molar-refractivity contribution >= 4 is 17.9 Å². The highest BCUT2D eigenvalue weighted by Crippen LogP contribution is 2.37. The summed E-state index contributed by atoms with van der Waals surface area (Å²) >= 11 is 0. The number of carbonyl (C=O) groups is 1. The number of hydrogen-bond acceptors (Lipinski definition) is 4. The summed E-state index contributed by atoms with van der Waals surface area (Å²) in [5.74, 6) is 0.667. The minimum absolute atomic E-state index is 0.00569. The molecule has 1 aromatic carbocycles. The van der Waals surface area contributed by atoms with Crippen molar-refractivity contribution in [2.75, 3.05) is 6.54 Å². The maximum Gasteiger partial charge on any atom is 0.303 e. The monoisotopic (exact) mass is 501 g/mol. The summed E-state index contributed by atoms with van der Waals surface area (Å²) in [7, 11) is 0. The first-order valence-corrected chi connectivity index (χ1v) is 13.0. The largest absolute Gasteiger partial charge is 0.481 e. The van der Waals surface area contributed by atoms with E-state index >= 15 is 0 Å². The van der Waals surface area contributed by atoms with Crippen molar-refractivity contribution in [3.05, 3.63) is 77.6 Å². The lowest BCUT2D eigenvalue weighted by Gasteiger charge is -2.27. The van der Waals surface area contributed by atoms with E-state index in [4.69, 9.17) is 15.5 Å². The van der Waals surface area contributed by atoms with Gasteiger partial charge in [-0.1, -0.05) is 18.2 Å². The zero-order valence-corrected chi connectivity index (χ0v) is 20.7. The van der Waals surface area contributed by atoms with E-state index in [2.05, 4.69) is 16.0 Å². The van der Waals surface area contributed by atoms with Crippen molar-refractivity contribution in [2.45, 2.75) is 56.9 Å². The Kier molecular flexibility index (Phi) is 7.44. The second-order valence-electron chi connectivity index (χ2n) is 10.1. The van der Waals surface area contributed by atoms with Crippen LogP contribution >= 0.6 is 0 Å². The number of imidazole rings is 1. The minimum Gasteiger partial charge on any atom is -0.481 e. The van der Waals surface area contributed by atoms with Gasteiger partial charge in [0.15, 0.2) is 0 Å². The fourth-order valence-corrected chi connectivity index (χ4v) is 5.66. The fraction of sp³-hybridized carbons (Fsp3) is 0.379. The van der Waals surface area contributed by atoms with Gasteiger partial charge in [0.1, 0.15) is 17.5 Å². The molecule has 0 spiro atoms. The molecule has 3 aromatic rings. The van der Waals surface area contributed by atoms with Gasteiger partial charge in [-0.25, -0.2) is 9.37 Å². The lowest BCUT2D eigenvalue weighted by Crippen LogP contribution is -2.28. The molecule has 2 aromatic heterocycles. The summed E-state index contributed by atoms with van der Waals surface area (Å²) in [6.45, 7) is 0.767. The molecule has 5 rings (SSSR count). The van der Waals surface area contributed by atoms with E-state index in [-0.39, 0.29) is 24.2 Å². The van der Waals surface area contributed by atoms with Gasteiger partial charge in [0.25, 0.3) is 0 Å². The number of hydrogen-bond donors (Lipinski definition) is 3. The Bertz CT molecular complexity index is 1290. The first kappa shape index (κ1) is 24.9. The van der Waals surface area contributed by atoms with Crippen molar-refractivity contribution in [1.29, 1.82) is 5.41 Å². The third-order valence-electron chi connectivity index (χ3n) is 7.57. The summed E-state index contributed by atoms with van der Waals surface area (Å²) in [5.41, 5.74) is 3.57. The van der Waals surface area contributed by atoms with Crippen molar-refractivity contribution < 1.29 is 14.3 Å². The minimum atomic E-state index is -0.713. The molecule has 3 N–H and O–H groups in total. The number of rotatable bonds is 7. The molecule has 2 aliphatic rings. The summed E-state index contributed by atoms with van der Waals surface area (Å²) in [6, 6.07) is 12.7. The van der Waals surface area contributed by atoms with Gasteiger partial charge in [0.05, 0.1) is 23.6 Å². The van der Waals surface area contributed by atoms with E-state index in [9.17, 15) is 9.18 Å². The number of nitrogens with zero attached hydrogens (tertiary/aromatic N) is 3. The Morgan fingerprint density at radius 2 is 1.97 bits per heavy atom. The van der Waals surface area contributed by atoms with Gasteiger partial charge in [-0.05, 0) is 86.4 Å². The Morgan fingerprint density at radius 1 is 1.16 bits per heavy atom. The van der Waals surface area contributed by atoms with Crippen LogP contribution in [0.3, 0.4) is 0 Å². The van der Waals surface area contributed by atoms with E-state index in [1.807, 2.05) is 23.1 Å². The van der Waals surface area contributed by atoms with Crippen LogP contribution in [0.1, 0.15) is 74.0 Å². The average molecular weight is 502 g/mol. The molecule has 2 fully saturated rings. The van der Waals surface area contributed by atoms with Crippen LogP contribution < -0.4 is 0 Å². The molecular formula is C29H32FN5O2. The normalized spacial score (nSPS) is 22.0. The molecule has 1 aliphatic heterocycles. The quantitative estimate of drug-likeness (QED) is 0.265. The number of aliphatic carboxylic acids is 1. The third-order valence-corrected chi connectivity index (χ3v) is 7.57. The van der Waals surface area contributed by atoms with Crippen LogP contribution in [-0.4, -0.2) is 43.3 Å². The molecule has 1 saturated heterocycles. The number of aromatic nitrogens is 3. The van der Waals surface area contributed by atoms with Crippen molar-refractivity contribution in [3.63, 3.8) is 0 Å². The highest BCUT2D eigenvalue weighted by Gasteiger charge is 2.27. The number of benzene rings is 1. The molecule has 0 bridgehead atoms. The highest BCUT2D eigenvalue weighted by molar-refractivity contribution is 5.94. The number of nitrogens with one attached hydrogen (secondary N) is 2. The Morgan fingerprint density at radius 3 is 2.76 bits per heavy atom. The van der Waals surface area contributed by atoms with Gasteiger partial charge in [-0.2, -0.15) is 0 Å². The number of halogens is 1. The predicted molar refractivity (Wildman–Crippen MR) is 141 cm³/mol. The Hall–Kier alpha value is -3.81. The van der Waals surface area contributed by atoms with E-state index < -0.39 is 5.97 Å². The summed E-state index contributed by atoms with van der Waals surface area (Å²) < 4.78 is 13.7. The maximum atomic E-state index is 13.7. The van der Waals surface area contributed by atoms with Gasteiger partial charge in [-0.3, -0.25) is 15.2 Å². The molecule has 7 nitrogen and oxygen atoms in total. The molecular weight excluding hydrogens is 469 g/mol. The summed E-state index contributed by atoms with van der Waals surface area (Å²) in [6.07, 6.45) is 11.2. The van der Waals surface area contributed by atoms with Crippen LogP contribution in [0.15, 0.2) is 54.7 Å². The Balaban J connectivity index is 1.23. The van der Waals surface area contributed by atoms with Crippen molar-refractivity contribution in [3.8, 4) is 11.4 Å².